The number of thioether (sulfide) groups is 1. The smallest absolute Gasteiger partial charge is 0.261 e. The van der Waals surface area contributed by atoms with Crippen molar-refractivity contribution in [2.24, 2.45) is 0 Å². The second-order valence-corrected chi connectivity index (χ2v) is 10.2. The van der Waals surface area contributed by atoms with E-state index in [9.17, 15) is 13.2 Å². The van der Waals surface area contributed by atoms with Gasteiger partial charge in [-0.1, -0.05) is 17.7 Å². The van der Waals surface area contributed by atoms with Gasteiger partial charge in [0.2, 0.25) is 5.91 Å². The molecule has 2 N–H and O–H groups in total. The zero-order valence-corrected chi connectivity index (χ0v) is 19.8. The summed E-state index contributed by atoms with van der Waals surface area (Å²) >= 11 is 1.47. The summed E-state index contributed by atoms with van der Waals surface area (Å²) in [5.74, 6) is 0.518. The van der Waals surface area contributed by atoms with E-state index in [1.54, 1.807) is 36.4 Å². The summed E-state index contributed by atoms with van der Waals surface area (Å²) in [4.78, 5) is 13.6. The van der Waals surface area contributed by atoms with Crippen molar-refractivity contribution in [1.29, 1.82) is 0 Å². The number of hydrogen-bond donors (Lipinski definition) is 2. The summed E-state index contributed by atoms with van der Waals surface area (Å²) < 4.78 is 33.2. The van der Waals surface area contributed by atoms with Gasteiger partial charge in [0.15, 0.2) is 0 Å². The minimum Gasteiger partial charge on any atom is -0.494 e. The monoisotopic (exact) mass is 470 g/mol. The van der Waals surface area contributed by atoms with E-state index in [4.69, 9.17) is 4.74 Å². The predicted octanol–water partition coefficient (Wildman–Crippen LogP) is 5.31. The highest BCUT2D eigenvalue weighted by Gasteiger charge is 2.17. The van der Waals surface area contributed by atoms with E-state index in [1.165, 1.54) is 29.5 Å². The van der Waals surface area contributed by atoms with Crippen LogP contribution in [0.3, 0.4) is 0 Å². The van der Waals surface area contributed by atoms with Crippen LogP contribution in [-0.2, 0) is 14.8 Å². The van der Waals surface area contributed by atoms with Gasteiger partial charge in [0.05, 0.1) is 16.8 Å². The molecule has 0 aromatic heterocycles. The highest BCUT2D eigenvalue weighted by atomic mass is 32.2. The Labute approximate surface area is 193 Å². The van der Waals surface area contributed by atoms with E-state index in [0.717, 1.165) is 4.90 Å². The summed E-state index contributed by atoms with van der Waals surface area (Å²) in [7, 11) is -3.75. The molecule has 0 aliphatic heterocycles. The molecular formula is C24H26N2O4S2. The summed E-state index contributed by atoms with van der Waals surface area (Å²) in [5.41, 5.74) is 2.14. The number of aryl methyl sites for hydroxylation is 1. The van der Waals surface area contributed by atoms with Crippen LogP contribution in [0.4, 0.5) is 11.4 Å². The molecule has 0 bridgehead atoms. The summed E-state index contributed by atoms with van der Waals surface area (Å²) in [6.45, 7) is 6.27. The van der Waals surface area contributed by atoms with Gasteiger partial charge in [0, 0.05) is 16.3 Å². The summed E-state index contributed by atoms with van der Waals surface area (Å²) in [5, 5.41) is 2.53. The fourth-order valence-corrected chi connectivity index (χ4v) is 4.76. The molecule has 1 amide bonds. The first kappa shape index (κ1) is 23.7. The zero-order chi connectivity index (χ0) is 23.1. The Morgan fingerprint density at radius 1 is 0.938 bits per heavy atom. The number of ether oxygens (including phenoxy) is 1. The van der Waals surface area contributed by atoms with Crippen molar-refractivity contribution in [2.45, 2.75) is 35.8 Å². The quantitative estimate of drug-likeness (QED) is 0.414. The first-order valence-electron chi connectivity index (χ1n) is 10.2. The van der Waals surface area contributed by atoms with Crippen LogP contribution in [0.25, 0.3) is 0 Å². The molecule has 0 radical (unpaired) electrons. The number of sulfonamides is 1. The molecule has 8 heteroatoms. The predicted molar refractivity (Wildman–Crippen MR) is 130 cm³/mol. The number of carbonyl (C=O) groups excluding carboxylic acids is 1. The van der Waals surface area contributed by atoms with Crippen LogP contribution in [0.1, 0.15) is 19.4 Å². The number of nitrogens with one attached hydrogen (secondary N) is 2. The van der Waals surface area contributed by atoms with Crippen molar-refractivity contribution in [3.05, 3.63) is 78.4 Å². The summed E-state index contributed by atoms with van der Waals surface area (Å²) in [6, 6.07) is 20.8. The number of rotatable bonds is 9. The average molecular weight is 471 g/mol. The Kier molecular flexibility index (Phi) is 7.82. The Balaban J connectivity index is 1.60. The molecule has 0 heterocycles. The van der Waals surface area contributed by atoms with Crippen molar-refractivity contribution < 1.29 is 17.9 Å². The van der Waals surface area contributed by atoms with Gasteiger partial charge in [-0.15, -0.1) is 11.8 Å². The third-order valence-corrected chi connectivity index (χ3v) is 7.06. The van der Waals surface area contributed by atoms with Crippen molar-refractivity contribution in [1.82, 2.24) is 0 Å². The third kappa shape index (κ3) is 6.51. The maximum atomic E-state index is 12.6. The standard InChI is InChI=1S/C24H26N2O4S2/c1-4-30-21-11-7-20(8-12-21)26-32(28,29)23-15-9-19(10-16-23)25-24(27)18(3)31-22-13-5-17(2)6-14-22/h5-16,18,26H,4H2,1-3H3,(H,25,27)/t18-/m1/s1. The summed E-state index contributed by atoms with van der Waals surface area (Å²) in [6.07, 6.45) is 0. The van der Waals surface area contributed by atoms with Crippen LogP contribution < -0.4 is 14.8 Å². The van der Waals surface area contributed by atoms with E-state index in [1.807, 2.05) is 45.0 Å². The Bertz CT molecular complexity index is 1140. The van der Waals surface area contributed by atoms with Crippen molar-refractivity contribution in [3.8, 4) is 5.75 Å². The molecule has 3 rings (SSSR count). The third-order valence-electron chi connectivity index (χ3n) is 4.55. The lowest BCUT2D eigenvalue weighted by Crippen LogP contribution is -2.22. The van der Waals surface area contributed by atoms with E-state index in [2.05, 4.69) is 10.0 Å². The lowest BCUT2D eigenvalue weighted by Gasteiger charge is -2.13. The molecule has 0 spiro atoms. The van der Waals surface area contributed by atoms with Crippen molar-refractivity contribution in [2.75, 3.05) is 16.6 Å². The van der Waals surface area contributed by atoms with Gasteiger partial charge < -0.3 is 10.1 Å². The minimum absolute atomic E-state index is 0.103. The van der Waals surface area contributed by atoms with Crippen LogP contribution in [0.2, 0.25) is 0 Å². The van der Waals surface area contributed by atoms with Gasteiger partial charge in [-0.05, 0) is 81.4 Å². The van der Waals surface area contributed by atoms with E-state index < -0.39 is 10.0 Å². The molecule has 0 fully saturated rings. The normalized spacial score (nSPS) is 12.1. The fraction of sp³-hybridized carbons (Fsp3) is 0.208. The van der Waals surface area contributed by atoms with Gasteiger partial charge in [-0.25, -0.2) is 8.42 Å². The molecule has 32 heavy (non-hydrogen) atoms. The van der Waals surface area contributed by atoms with Gasteiger partial charge in [0.25, 0.3) is 10.0 Å². The highest BCUT2D eigenvalue weighted by Crippen LogP contribution is 2.25. The van der Waals surface area contributed by atoms with Crippen LogP contribution >= 0.6 is 11.8 Å². The first-order valence-corrected chi connectivity index (χ1v) is 12.5. The van der Waals surface area contributed by atoms with Crippen molar-refractivity contribution >= 4 is 39.1 Å². The first-order chi connectivity index (χ1) is 15.3. The highest BCUT2D eigenvalue weighted by molar-refractivity contribution is 8.00. The van der Waals surface area contributed by atoms with Crippen LogP contribution in [0, 0.1) is 6.92 Å². The Morgan fingerprint density at radius 2 is 1.53 bits per heavy atom. The molecule has 168 valence electrons. The minimum atomic E-state index is -3.75. The van der Waals surface area contributed by atoms with Crippen LogP contribution in [0.5, 0.6) is 5.75 Å². The topological polar surface area (TPSA) is 84.5 Å². The molecule has 3 aromatic rings. The number of anilines is 2. The number of amides is 1. The van der Waals surface area contributed by atoms with E-state index in [-0.39, 0.29) is 16.1 Å². The van der Waals surface area contributed by atoms with Crippen molar-refractivity contribution in [3.63, 3.8) is 0 Å². The number of hydrogen-bond acceptors (Lipinski definition) is 5. The lowest BCUT2D eigenvalue weighted by atomic mass is 10.2. The van der Waals surface area contributed by atoms with Gasteiger partial charge in [-0.2, -0.15) is 0 Å². The molecule has 0 aliphatic carbocycles. The van der Waals surface area contributed by atoms with Gasteiger partial charge >= 0.3 is 0 Å². The zero-order valence-electron chi connectivity index (χ0n) is 18.2. The van der Waals surface area contributed by atoms with Crippen LogP contribution in [-0.4, -0.2) is 26.2 Å². The Hall–Kier alpha value is -2.97. The maximum Gasteiger partial charge on any atom is 0.261 e. The van der Waals surface area contributed by atoms with Crippen LogP contribution in [0.15, 0.2) is 82.6 Å². The molecular weight excluding hydrogens is 444 g/mol. The van der Waals surface area contributed by atoms with Gasteiger partial charge in [-0.3, -0.25) is 9.52 Å². The lowest BCUT2D eigenvalue weighted by molar-refractivity contribution is -0.115. The number of carbonyl (C=O) groups is 1. The average Bonchev–Trinajstić information content (AvgIpc) is 2.77. The second kappa shape index (κ2) is 10.6. The van der Waals surface area contributed by atoms with E-state index in [0.29, 0.717) is 23.7 Å². The fourth-order valence-electron chi connectivity index (χ4n) is 2.84. The van der Waals surface area contributed by atoms with E-state index >= 15 is 0 Å². The molecule has 0 unspecified atom stereocenters. The molecule has 1 atom stereocenters. The molecule has 3 aromatic carbocycles. The number of benzene rings is 3. The maximum absolute atomic E-state index is 12.6. The largest absolute Gasteiger partial charge is 0.494 e. The molecule has 0 aliphatic rings. The Morgan fingerprint density at radius 3 is 2.12 bits per heavy atom. The van der Waals surface area contributed by atoms with Gasteiger partial charge in [0.1, 0.15) is 5.75 Å². The SMILES string of the molecule is CCOc1ccc(NS(=O)(=O)c2ccc(NC(=O)[C@@H](C)Sc3ccc(C)cc3)cc2)cc1. The molecule has 6 nitrogen and oxygen atoms in total. The molecule has 0 saturated carbocycles. The molecule has 0 saturated heterocycles. The second-order valence-electron chi connectivity index (χ2n) is 7.15.